The van der Waals surface area contributed by atoms with Gasteiger partial charge in [-0.2, -0.15) is 0 Å². The summed E-state index contributed by atoms with van der Waals surface area (Å²) in [5.41, 5.74) is 1.38. The van der Waals surface area contributed by atoms with Crippen LogP contribution in [0.2, 0.25) is 0 Å². The molecule has 1 aromatic heterocycles. The quantitative estimate of drug-likeness (QED) is 0.438. The normalized spacial score (nSPS) is 19.2. The number of ether oxygens (including phenoxy) is 1. The molecule has 0 unspecified atom stereocenters. The maximum absolute atomic E-state index is 13.2. The molecule has 0 saturated carbocycles. The van der Waals surface area contributed by atoms with Crippen LogP contribution in [0.5, 0.6) is 0 Å². The average Bonchev–Trinajstić information content (AvgIpc) is 3.44. The Kier molecular flexibility index (Phi) is 5.92. The number of rotatable bonds is 6. The van der Waals surface area contributed by atoms with Gasteiger partial charge in [-0.1, -0.05) is 30.3 Å². The molecule has 5 rings (SSSR count). The zero-order chi connectivity index (χ0) is 22.1. The van der Waals surface area contributed by atoms with Gasteiger partial charge in [0.05, 0.1) is 17.5 Å². The van der Waals surface area contributed by atoms with Crippen molar-refractivity contribution in [2.45, 2.75) is 49.5 Å². The smallest absolute Gasteiger partial charge is 0.262 e. The van der Waals surface area contributed by atoms with Crippen LogP contribution < -0.4 is 9.83 Å². The molecule has 1 saturated heterocycles. The average molecular weight is 470 g/mol. The first-order chi connectivity index (χ1) is 15.5. The van der Waals surface area contributed by atoms with Crippen molar-refractivity contribution in [1.29, 1.82) is 0 Å². The minimum absolute atomic E-state index is 0.0221. The highest BCUT2D eigenvalue weighted by molar-refractivity contribution is 7.93. The lowest BCUT2D eigenvalue weighted by molar-refractivity contribution is -0.213. The Bertz CT molecular complexity index is 1270. The molecule has 6 nitrogen and oxygen atoms in total. The highest BCUT2D eigenvalue weighted by Crippen LogP contribution is 2.39. The summed E-state index contributed by atoms with van der Waals surface area (Å²) < 4.78 is 34.8. The van der Waals surface area contributed by atoms with Crippen LogP contribution in [0.3, 0.4) is 0 Å². The molecule has 2 aliphatic rings. The fourth-order valence-corrected chi connectivity index (χ4v) is 7.05. The molecular formula is C24H25N2O4S2-. The summed E-state index contributed by atoms with van der Waals surface area (Å²) in [6, 6.07) is 12.7. The topological polar surface area (TPSA) is 90.8 Å². The highest BCUT2D eigenvalue weighted by atomic mass is 32.2. The molecule has 3 aromatic rings. The van der Waals surface area contributed by atoms with E-state index < -0.39 is 10.0 Å². The number of aliphatic imine (C=N–C) groups is 1. The third kappa shape index (κ3) is 4.27. The second-order valence-electron chi connectivity index (χ2n) is 8.31. The monoisotopic (exact) mass is 469 g/mol. The van der Waals surface area contributed by atoms with Crippen molar-refractivity contribution in [3.8, 4) is 0 Å². The lowest BCUT2D eigenvalue weighted by Crippen LogP contribution is -2.25. The van der Waals surface area contributed by atoms with Crippen LogP contribution in [0.1, 0.15) is 41.7 Å². The van der Waals surface area contributed by atoms with Gasteiger partial charge in [0.15, 0.2) is 0 Å². The number of benzene rings is 2. The Morgan fingerprint density at radius 1 is 1.12 bits per heavy atom. The summed E-state index contributed by atoms with van der Waals surface area (Å²) in [5.74, 6) is -0.351. The van der Waals surface area contributed by atoms with E-state index in [4.69, 9.17) is 4.74 Å². The Labute approximate surface area is 192 Å². The van der Waals surface area contributed by atoms with Crippen LogP contribution in [0.4, 0.5) is 5.00 Å². The maximum atomic E-state index is 13.2. The van der Waals surface area contributed by atoms with Crippen LogP contribution in [0.25, 0.3) is 10.8 Å². The van der Waals surface area contributed by atoms with Crippen molar-refractivity contribution in [3.63, 3.8) is 0 Å². The Hall–Kier alpha value is -2.42. The lowest BCUT2D eigenvalue weighted by atomic mass is 9.95. The summed E-state index contributed by atoms with van der Waals surface area (Å²) >= 11 is 1.37. The zero-order valence-corrected chi connectivity index (χ0v) is 19.3. The molecule has 0 amide bonds. The number of nitrogens with one attached hydrogen (secondary N) is 1. The Morgan fingerprint density at radius 3 is 2.75 bits per heavy atom. The van der Waals surface area contributed by atoms with Gasteiger partial charge in [0.1, 0.15) is 5.00 Å². The van der Waals surface area contributed by atoms with E-state index in [1.807, 2.05) is 24.3 Å². The van der Waals surface area contributed by atoms with Gasteiger partial charge in [-0.25, -0.2) is 8.42 Å². The van der Waals surface area contributed by atoms with Gasteiger partial charge in [-0.05, 0) is 72.9 Å². The molecule has 0 spiro atoms. The summed E-state index contributed by atoms with van der Waals surface area (Å²) in [6.45, 7) is 1.03. The summed E-state index contributed by atoms with van der Waals surface area (Å²) in [5, 5.41) is 15.3. The number of hydrogen-bond acceptors (Lipinski definition) is 6. The second-order valence-corrected chi connectivity index (χ2v) is 11.1. The predicted molar refractivity (Wildman–Crippen MR) is 126 cm³/mol. The van der Waals surface area contributed by atoms with Crippen molar-refractivity contribution in [2.75, 3.05) is 17.9 Å². The van der Waals surface area contributed by atoms with Crippen LogP contribution in [0, 0.1) is 0 Å². The van der Waals surface area contributed by atoms with E-state index in [9.17, 15) is 13.5 Å². The summed E-state index contributed by atoms with van der Waals surface area (Å²) in [6.07, 6.45) is 5.55. The number of hydrogen-bond donors (Lipinski definition) is 1. The van der Waals surface area contributed by atoms with Gasteiger partial charge in [0.2, 0.25) is 0 Å². The molecule has 2 aromatic carbocycles. The number of aryl methyl sites for hydroxylation is 1. The van der Waals surface area contributed by atoms with Crippen LogP contribution >= 0.6 is 11.3 Å². The molecule has 1 fully saturated rings. The van der Waals surface area contributed by atoms with Crippen molar-refractivity contribution in [1.82, 2.24) is 0 Å². The van der Waals surface area contributed by atoms with E-state index in [2.05, 4.69) is 9.71 Å². The lowest BCUT2D eigenvalue weighted by Gasteiger charge is -2.19. The first-order valence-corrected chi connectivity index (χ1v) is 13.3. The highest BCUT2D eigenvalue weighted by Gasteiger charge is 2.25. The minimum Gasteiger partial charge on any atom is -0.858 e. The van der Waals surface area contributed by atoms with Gasteiger partial charge >= 0.3 is 0 Å². The molecule has 1 atom stereocenters. The van der Waals surface area contributed by atoms with E-state index in [-0.39, 0.29) is 16.9 Å². The molecule has 0 bridgehead atoms. The van der Waals surface area contributed by atoms with E-state index >= 15 is 0 Å². The molecule has 1 aliphatic heterocycles. The second kappa shape index (κ2) is 8.84. The molecule has 8 heteroatoms. The zero-order valence-electron chi connectivity index (χ0n) is 17.7. The number of fused-ring (bicyclic) bond motifs is 2. The van der Waals surface area contributed by atoms with Crippen molar-refractivity contribution >= 4 is 43.0 Å². The van der Waals surface area contributed by atoms with Gasteiger partial charge in [-0.15, -0.1) is 11.3 Å². The molecule has 2 heterocycles. The first kappa shape index (κ1) is 21.4. The Morgan fingerprint density at radius 2 is 1.94 bits per heavy atom. The van der Waals surface area contributed by atoms with Gasteiger partial charge in [0, 0.05) is 17.0 Å². The molecule has 32 heavy (non-hydrogen) atoms. The number of sulfonamides is 1. The van der Waals surface area contributed by atoms with Crippen LogP contribution in [-0.2, 0) is 27.6 Å². The molecule has 0 radical (unpaired) electrons. The van der Waals surface area contributed by atoms with E-state index in [0.717, 1.165) is 59.7 Å². The van der Waals surface area contributed by atoms with Crippen LogP contribution in [-0.4, -0.2) is 33.6 Å². The fourth-order valence-electron chi connectivity index (χ4n) is 4.43. The molecule has 1 N–H and O–H groups in total. The molecular weight excluding hydrogens is 444 g/mol. The third-order valence-electron chi connectivity index (χ3n) is 6.11. The van der Waals surface area contributed by atoms with Crippen molar-refractivity contribution in [3.05, 3.63) is 58.5 Å². The van der Waals surface area contributed by atoms with Crippen molar-refractivity contribution in [2.24, 2.45) is 4.99 Å². The maximum Gasteiger partial charge on any atom is 0.262 e. The summed E-state index contributed by atoms with van der Waals surface area (Å²) in [4.78, 5) is 5.53. The number of nitrogens with zero attached hydrogens (tertiary/aromatic N) is 1. The van der Waals surface area contributed by atoms with E-state index in [0.29, 0.717) is 23.7 Å². The molecule has 1 aliphatic carbocycles. The number of anilines is 1. The predicted octanol–water partition coefficient (Wildman–Crippen LogP) is 3.87. The minimum atomic E-state index is -3.85. The summed E-state index contributed by atoms with van der Waals surface area (Å²) in [7, 11) is -3.85. The Balaban J connectivity index is 1.49. The van der Waals surface area contributed by atoms with Gasteiger partial charge in [0.25, 0.3) is 10.0 Å². The standard InChI is InChI=1S/C24H26N2O4S2/c27-23(25-15-18-8-5-13-30-18)22-20-9-3-4-10-21(20)31-24(22)26-32(28,29)19-12-11-16-6-1-2-7-17(16)14-19/h1-2,6-7,11-12,14,18,26H,3-5,8-10,13,15H2,(H,25,27)/p-1/t18-/m1/s1. The van der Waals surface area contributed by atoms with Crippen LogP contribution in [0.15, 0.2) is 52.4 Å². The first-order valence-electron chi connectivity index (χ1n) is 11.0. The fraction of sp³-hybridized carbons (Fsp3) is 0.375. The van der Waals surface area contributed by atoms with E-state index in [1.54, 1.807) is 18.2 Å². The van der Waals surface area contributed by atoms with Gasteiger partial charge < -0.3 is 9.84 Å². The largest absolute Gasteiger partial charge is 0.858 e. The van der Waals surface area contributed by atoms with E-state index in [1.165, 1.54) is 11.3 Å². The van der Waals surface area contributed by atoms with Crippen molar-refractivity contribution < 1.29 is 18.3 Å². The van der Waals surface area contributed by atoms with Gasteiger partial charge in [-0.3, -0.25) is 9.71 Å². The molecule has 168 valence electrons. The third-order valence-corrected chi connectivity index (χ3v) is 8.79. The SMILES string of the molecule is O=S(=O)(Nc1sc2c(c1C([O-])=NC[C@H]1CCCO1)CCCC2)c1ccc2ccccc2c1. The number of thiophene rings is 1.